The first-order valence-corrected chi connectivity index (χ1v) is 7.53. The van der Waals surface area contributed by atoms with E-state index in [0.29, 0.717) is 18.0 Å². The molecular formula is C16H22BFO3. The lowest BCUT2D eigenvalue weighted by atomic mass is 9.77. The van der Waals surface area contributed by atoms with Crippen LogP contribution >= 0.6 is 0 Å². The van der Waals surface area contributed by atoms with Gasteiger partial charge in [-0.3, -0.25) is 0 Å². The summed E-state index contributed by atoms with van der Waals surface area (Å²) in [6.45, 7) is 9.36. The monoisotopic (exact) mass is 292 g/mol. The minimum absolute atomic E-state index is 0.281. The second-order valence-electron chi connectivity index (χ2n) is 6.93. The van der Waals surface area contributed by atoms with E-state index >= 15 is 0 Å². The first kappa shape index (κ1) is 15.0. The third kappa shape index (κ3) is 2.63. The highest BCUT2D eigenvalue weighted by Gasteiger charge is 2.52. The van der Waals surface area contributed by atoms with Crippen molar-refractivity contribution in [2.45, 2.75) is 51.2 Å². The summed E-state index contributed by atoms with van der Waals surface area (Å²) in [5.74, 6) is 0.0583. The minimum Gasteiger partial charge on any atom is -0.399 e. The average molecular weight is 292 g/mol. The van der Waals surface area contributed by atoms with Crippen molar-refractivity contribution in [3.05, 3.63) is 29.6 Å². The van der Waals surface area contributed by atoms with Crippen LogP contribution in [0.2, 0.25) is 0 Å². The number of ether oxygens (including phenoxy) is 1. The average Bonchev–Trinajstić information content (AvgIpc) is 2.97. The van der Waals surface area contributed by atoms with Gasteiger partial charge in [0, 0.05) is 18.0 Å². The predicted molar refractivity (Wildman–Crippen MR) is 80.3 cm³/mol. The molecule has 2 aliphatic heterocycles. The summed E-state index contributed by atoms with van der Waals surface area (Å²) in [5.41, 5.74) is 0.657. The predicted octanol–water partition coefficient (Wildman–Crippen LogP) is 2.63. The van der Waals surface area contributed by atoms with Crippen LogP contribution in [0.3, 0.4) is 0 Å². The van der Waals surface area contributed by atoms with Crippen LogP contribution in [0.15, 0.2) is 18.2 Å². The molecule has 0 bridgehead atoms. The zero-order valence-corrected chi connectivity index (χ0v) is 13.1. The molecule has 0 N–H and O–H groups in total. The molecule has 21 heavy (non-hydrogen) atoms. The van der Waals surface area contributed by atoms with Gasteiger partial charge in [0.2, 0.25) is 0 Å². The number of rotatable bonds is 2. The third-order valence-electron chi connectivity index (χ3n) is 4.93. The number of hydrogen-bond donors (Lipinski definition) is 0. The van der Waals surface area contributed by atoms with E-state index in [9.17, 15) is 4.39 Å². The lowest BCUT2D eigenvalue weighted by molar-refractivity contribution is 0.00578. The fraction of sp³-hybridized carbons (Fsp3) is 0.625. The molecule has 2 fully saturated rings. The van der Waals surface area contributed by atoms with Crippen LogP contribution in [0.25, 0.3) is 0 Å². The molecule has 3 nitrogen and oxygen atoms in total. The molecule has 0 radical (unpaired) electrons. The van der Waals surface area contributed by atoms with E-state index in [2.05, 4.69) is 0 Å². The molecule has 2 heterocycles. The topological polar surface area (TPSA) is 27.7 Å². The van der Waals surface area contributed by atoms with E-state index in [4.69, 9.17) is 14.0 Å². The van der Waals surface area contributed by atoms with Gasteiger partial charge in [-0.25, -0.2) is 4.39 Å². The largest absolute Gasteiger partial charge is 0.497 e. The Balaban J connectivity index is 1.90. The molecule has 1 atom stereocenters. The molecule has 3 rings (SSSR count). The molecule has 2 saturated heterocycles. The van der Waals surface area contributed by atoms with Gasteiger partial charge in [0.1, 0.15) is 5.82 Å². The van der Waals surface area contributed by atoms with Gasteiger partial charge in [-0.1, -0.05) is 12.1 Å². The Labute approximate surface area is 125 Å². The first-order valence-electron chi connectivity index (χ1n) is 7.53. The van der Waals surface area contributed by atoms with E-state index in [-0.39, 0.29) is 5.82 Å². The van der Waals surface area contributed by atoms with Crippen LogP contribution in [0, 0.1) is 5.82 Å². The highest BCUT2D eigenvalue weighted by molar-refractivity contribution is 6.62. The van der Waals surface area contributed by atoms with Crippen molar-refractivity contribution in [2.24, 2.45) is 0 Å². The molecule has 5 heteroatoms. The SMILES string of the molecule is CC1(C)OB(c2cc(C3CCOC3)ccc2F)OC1(C)C. The van der Waals surface area contributed by atoms with Crippen molar-refractivity contribution in [3.8, 4) is 0 Å². The third-order valence-corrected chi connectivity index (χ3v) is 4.93. The molecule has 1 aromatic carbocycles. The number of hydrogen-bond acceptors (Lipinski definition) is 3. The summed E-state index contributed by atoms with van der Waals surface area (Å²) in [4.78, 5) is 0. The Bertz CT molecular complexity index is 522. The zero-order chi connectivity index (χ0) is 15.3. The minimum atomic E-state index is -0.655. The Kier molecular flexibility index (Phi) is 3.63. The number of benzene rings is 1. The fourth-order valence-corrected chi connectivity index (χ4v) is 2.76. The van der Waals surface area contributed by atoms with E-state index in [1.807, 2.05) is 39.8 Å². The van der Waals surface area contributed by atoms with Gasteiger partial charge in [0.15, 0.2) is 0 Å². The summed E-state index contributed by atoms with van der Waals surface area (Å²) >= 11 is 0. The maximum atomic E-state index is 14.2. The molecule has 0 aliphatic carbocycles. The van der Waals surface area contributed by atoms with Crippen molar-refractivity contribution in [1.29, 1.82) is 0 Å². The second-order valence-corrected chi connectivity index (χ2v) is 6.93. The van der Waals surface area contributed by atoms with Crippen LogP contribution in [0.5, 0.6) is 0 Å². The van der Waals surface area contributed by atoms with Crippen molar-refractivity contribution in [3.63, 3.8) is 0 Å². The van der Waals surface area contributed by atoms with E-state index < -0.39 is 18.3 Å². The van der Waals surface area contributed by atoms with Crippen molar-refractivity contribution >= 4 is 12.6 Å². The normalized spacial score (nSPS) is 27.3. The highest BCUT2D eigenvalue weighted by Crippen LogP contribution is 2.37. The molecule has 1 unspecified atom stereocenters. The summed E-state index contributed by atoms with van der Waals surface area (Å²) in [6.07, 6.45) is 0.981. The Hall–Kier alpha value is -0.905. The molecule has 1 aromatic rings. The van der Waals surface area contributed by atoms with E-state index in [0.717, 1.165) is 18.6 Å². The summed E-state index contributed by atoms with van der Waals surface area (Å²) in [6, 6.07) is 5.22. The van der Waals surface area contributed by atoms with Crippen molar-refractivity contribution in [2.75, 3.05) is 13.2 Å². The fourth-order valence-electron chi connectivity index (χ4n) is 2.76. The van der Waals surface area contributed by atoms with Crippen LogP contribution in [0.4, 0.5) is 4.39 Å². The lowest BCUT2D eigenvalue weighted by Gasteiger charge is -2.32. The second kappa shape index (κ2) is 5.08. The molecule has 0 amide bonds. The van der Waals surface area contributed by atoms with Crippen LogP contribution in [-0.2, 0) is 14.0 Å². The van der Waals surface area contributed by atoms with Crippen molar-refractivity contribution < 1.29 is 18.4 Å². The van der Waals surface area contributed by atoms with Crippen molar-refractivity contribution in [1.82, 2.24) is 0 Å². The summed E-state index contributed by atoms with van der Waals surface area (Å²) in [7, 11) is -0.655. The van der Waals surface area contributed by atoms with Gasteiger partial charge in [0.05, 0.1) is 17.8 Å². The first-order chi connectivity index (χ1) is 9.80. The number of halogens is 1. The lowest BCUT2D eigenvalue weighted by Crippen LogP contribution is -2.41. The maximum absolute atomic E-state index is 14.2. The Morgan fingerprint density at radius 1 is 1.14 bits per heavy atom. The molecule has 0 saturated carbocycles. The smallest absolute Gasteiger partial charge is 0.399 e. The molecule has 0 spiro atoms. The molecule has 2 aliphatic rings. The van der Waals surface area contributed by atoms with Gasteiger partial charge in [-0.05, 0) is 45.7 Å². The molecule has 0 aromatic heterocycles. The Morgan fingerprint density at radius 2 is 1.81 bits per heavy atom. The molecule has 114 valence electrons. The quantitative estimate of drug-likeness (QED) is 0.784. The van der Waals surface area contributed by atoms with Crippen LogP contribution in [0.1, 0.15) is 45.6 Å². The van der Waals surface area contributed by atoms with Gasteiger partial charge < -0.3 is 14.0 Å². The zero-order valence-electron chi connectivity index (χ0n) is 13.1. The van der Waals surface area contributed by atoms with Gasteiger partial charge in [0.25, 0.3) is 0 Å². The van der Waals surface area contributed by atoms with E-state index in [1.54, 1.807) is 0 Å². The standard InChI is InChI=1S/C16H22BFO3/c1-15(2)16(3,4)21-17(20-15)13-9-11(5-6-14(13)18)12-7-8-19-10-12/h5-6,9,12H,7-8,10H2,1-4H3. The highest BCUT2D eigenvalue weighted by atomic mass is 19.1. The maximum Gasteiger partial charge on any atom is 0.497 e. The van der Waals surface area contributed by atoms with Crippen LogP contribution < -0.4 is 5.46 Å². The Morgan fingerprint density at radius 3 is 2.38 bits per heavy atom. The molecular weight excluding hydrogens is 270 g/mol. The van der Waals surface area contributed by atoms with Crippen LogP contribution in [-0.4, -0.2) is 31.5 Å². The van der Waals surface area contributed by atoms with E-state index in [1.165, 1.54) is 6.07 Å². The summed E-state index contributed by atoms with van der Waals surface area (Å²) in [5, 5.41) is 0. The van der Waals surface area contributed by atoms with Gasteiger partial charge in [-0.15, -0.1) is 0 Å². The summed E-state index contributed by atoms with van der Waals surface area (Å²) < 4.78 is 31.5. The van der Waals surface area contributed by atoms with Gasteiger partial charge in [-0.2, -0.15) is 0 Å². The van der Waals surface area contributed by atoms with Gasteiger partial charge >= 0.3 is 7.12 Å².